The molecule has 0 heterocycles. The first-order valence-corrected chi connectivity index (χ1v) is 7.31. The van der Waals surface area contributed by atoms with Crippen molar-refractivity contribution in [1.29, 1.82) is 0 Å². The molecule has 1 aromatic rings. The normalized spacial score (nSPS) is 25.3. The van der Waals surface area contributed by atoms with Crippen LogP contribution in [0.5, 0.6) is 5.75 Å². The molecule has 2 rings (SSSR count). The van der Waals surface area contributed by atoms with E-state index in [-0.39, 0.29) is 12.1 Å². The molecule has 21 heavy (non-hydrogen) atoms. The van der Waals surface area contributed by atoms with Crippen LogP contribution in [0.3, 0.4) is 0 Å². The molecule has 5 nitrogen and oxygen atoms in total. The lowest BCUT2D eigenvalue weighted by atomic mass is 9.81. The second kappa shape index (κ2) is 7.43. The van der Waals surface area contributed by atoms with Crippen LogP contribution in [0.4, 0.5) is 0 Å². The summed E-state index contributed by atoms with van der Waals surface area (Å²) in [6.07, 6.45) is 2.93. The first-order chi connectivity index (χ1) is 10.1. The Morgan fingerprint density at radius 2 is 2.10 bits per heavy atom. The Balaban J connectivity index is 1.72. The first kappa shape index (κ1) is 15.8. The van der Waals surface area contributed by atoms with Crippen molar-refractivity contribution in [3.05, 3.63) is 30.3 Å². The van der Waals surface area contributed by atoms with E-state index in [2.05, 4.69) is 0 Å². The number of methoxy groups -OCH3 is 1. The molecule has 2 atom stereocenters. The largest absolute Gasteiger partial charge is 0.491 e. The molecule has 2 N–H and O–H groups in total. The molecule has 0 radical (unpaired) electrons. The van der Waals surface area contributed by atoms with Crippen LogP contribution in [0, 0.1) is 0 Å². The van der Waals surface area contributed by atoms with Gasteiger partial charge >= 0.3 is 5.97 Å². The molecule has 1 aliphatic rings. The minimum atomic E-state index is -0.905. The summed E-state index contributed by atoms with van der Waals surface area (Å²) in [4.78, 5) is 11.7. The van der Waals surface area contributed by atoms with Crippen LogP contribution in [0.25, 0.3) is 0 Å². The Labute approximate surface area is 125 Å². The summed E-state index contributed by atoms with van der Waals surface area (Å²) in [7, 11) is 1.37. The van der Waals surface area contributed by atoms with E-state index in [9.17, 15) is 4.79 Å². The fraction of sp³-hybridized carbons (Fsp3) is 0.562. The summed E-state index contributed by atoms with van der Waals surface area (Å²) in [5, 5.41) is 0. The average molecular weight is 293 g/mol. The van der Waals surface area contributed by atoms with Crippen LogP contribution in [-0.2, 0) is 14.3 Å². The van der Waals surface area contributed by atoms with Crippen molar-refractivity contribution in [2.45, 2.75) is 37.3 Å². The van der Waals surface area contributed by atoms with Gasteiger partial charge in [-0.15, -0.1) is 0 Å². The van der Waals surface area contributed by atoms with Crippen molar-refractivity contribution >= 4 is 5.97 Å². The topological polar surface area (TPSA) is 70.8 Å². The van der Waals surface area contributed by atoms with Crippen molar-refractivity contribution in [1.82, 2.24) is 0 Å². The standard InChI is InChI=1S/C16H23NO4/c1-19-15(18)16(17)9-5-8-14(12-16)21-11-10-20-13-6-3-2-4-7-13/h2-4,6-7,14H,5,8-12,17H2,1H3. The predicted octanol–water partition coefficient (Wildman–Crippen LogP) is 1.90. The molecule has 1 aromatic carbocycles. The number of hydrogen-bond acceptors (Lipinski definition) is 5. The molecular weight excluding hydrogens is 270 g/mol. The Morgan fingerprint density at radius 3 is 2.81 bits per heavy atom. The van der Waals surface area contributed by atoms with Crippen molar-refractivity contribution < 1.29 is 19.0 Å². The van der Waals surface area contributed by atoms with Gasteiger partial charge < -0.3 is 19.9 Å². The maximum atomic E-state index is 11.7. The van der Waals surface area contributed by atoms with E-state index in [0.29, 0.717) is 26.1 Å². The predicted molar refractivity (Wildman–Crippen MR) is 79.1 cm³/mol. The maximum Gasteiger partial charge on any atom is 0.325 e. The number of para-hydroxylation sites is 1. The Hall–Kier alpha value is -1.59. The number of ether oxygens (including phenoxy) is 3. The van der Waals surface area contributed by atoms with Gasteiger partial charge in [-0.1, -0.05) is 18.2 Å². The van der Waals surface area contributed by atoms with Gasteiger partial charge in [-0.25, -0.2) is 0 Å². The van der Waals surface area contributed by atoms with E-state index in [0.717, 1.165) is 18.6 Å². The lowest BCUT2D eigenvalue weighted by Gasteiger charge is -2.35. The molecule has 0 bridgehead atoms. The average Bonchev–Trinajstić information content (AvgIpc) is 2.52. The van der Waals surface area contributed by atoms with Gasteiger partial charge in [-0.3, -0.25) is 4.79 Å². The molecule has 1 saturated carbocycles. The number of carbonyl (C=O) groups is 1. The molecule has 0 aromatic heterocycles. The van der Waals surface area contributed by atoms with Crippen LogP contribution >= 0.6 is 0 Å². The van der Waals surface area contributed by atoms with Crippen molar-refractivity contribution in [2.24, 2.45) is 5.73 Å². The van der Waals surface area contributed by atoms with Crippen LogP contribution in [0.15, 0.2) is 30.3 Å². The number of benzene rings is 1. The van der Waals surface area contributed by atoms with E-state index >= 15 is 0 Å². The zero-order valence-corrected chi connectivity index (χ0v) is 12.4. The summed E-state index contributed by atoms with van der Waals surface area (Å²) in [5.41, 5.74) is 5.21. The number of hydrogen-bond donors (Lipinski definition) is 1. The van der Waals surface area contributed by atoms with Crippen LogP contribution in [0.1, 0.15) is 25.7 Å². The summed E-state index contributed by atoms with van der Waals surface area (Å²) in [6, 6.07) is 9.61. The summed E-state index contributed by atoms with van der Waals surface area (Å²) in [5.74, 6) is 0.476. The molecule has 2 unspecified atom stereocenters. The third-order valence-electron chi connectivity index (χ3n) is 3.78. The third-order valence-corrected chi connectivity index (χ3v) is 3.78. The van der Waals surface area contributed by atoms with Crippen LogP contribution in [0.2, 0.25) is 0 Å². The van der Waals surface area contributed by atoms with Crippen LogP contribution in [-0.4, -0.2) is 37.9 Å². The Bertz CT molecular complexity index is 451. The van der Waals surface area contributed by atoms with Crippen molar-refractivity contribution in [3.8, 4) is 5.75 Å². The Kier molecular flexibility index (Phi) is 5.59. The van der Waals surface area contributed by atoms with Gasteiger partial charge in [-0.2, -0.15) is 0 Å². The van der Waals surface area contributed by atoms with Crippen molar-refractivity contribution in [2.75, 3.05) is 20.3 Å². The van der Waals surface area contributed by atoms with Gasteiger partial charge in [0, 0.05) is 6.42 Å². The first-order valence-electron chi connectivity index (χ1n) is 7.31. The van der Waals surface area contributed by atoms with Gasteiger partial charge in [0.15, 0.2) is 0 Å². The molecule has 1 aliphatic carbocycles. The third kappa shape index (κ3) is 4.44. The summed E-state index contributed by atoms with van der Waals surface area (Å²) < 4.78 is 16.1. The van der Waals surface area contributed by atoms with E-state index in [1.165, 1.54) is 7.11 Å². The van der Waals surface area contributed by atoms with Gasteiger partial charge in [0.25, 0.3) is 0 Å². The minimum absolute atomic E-state index is 0.0118. The smallest absolute Gasteiger partial charge is 0.325 e. The Morgan fingerprint density at radius 1 is 1.33 bits per heavy atom. The second-order valence-corrected chi connectivity index (χ2v) is 5.40. The highest BCUT2D eigenvalue weighted by Gasteiger charge is 2.40. The maximum absolute atomic E-state index is 11.7. The number of esters is 1. The van der Waals surface area contributed by atoms with E-state index in [1.807, 2.05) is 30.3 Å². The lowest BCUT2D eigenvalue weighted by Crippen LogP contribution is -2.53. The molecule has 5 heteroatoms. The zero-order chi connectivity index (χ0) is 15.1. The lowest BCUT2D eigenvalue weighted by molar-refractivity contribution is -0.150. The van der Waals surface area contributed by atoms with Crippen LogP contribution < -0.4 is 10.5 Å². The van der Waals surface area contributed by atoms with E-state index in [1.54, 1.807) is 0 Å². The van der Waals surface area contributed by atoms with Crippen molar-refractivity contribution in [3.63, 3.8) is 0 Å². The SMILES string of the molecule is COC(=O)C1(N)CCCC(OCCOc2ccccc2)C1. The minimum Gasteiger partial charge on any atom is -0.491 e. The highest BCUT2D eigenvalue weighted by molar-refractivity contribution is 5.80. The summed E-state index contributed by atoms with van der Waals surface area (Å²) in [6.45, 7) is 0.965. The zero-order valence-electron chi connectivity index (χ0n) is 12.4. The van der Waals surface area contributed by atoms with Gasteiger partial charge in [0.2, 0.25) is 0 Å². The highest BCUT2D eigenvalue weighted by Crippen LogP contribution is 2.29. The van der Waals surface area contributed by atoms with Gasteiger partial charge in [-0.05, 0) is 31.4 Å². The molecular formula is C16H23NO4. The molecule has 0 saturated heterocycles. The number of carbonyl (C=O) groups excluding carboxylic acids is 1. The second-order valence-electron chi connectivity index (χ2n) is 5.40. The fourth-order valence-corrected chi connectivity index (χ4v) is 2.68. The molecule has 116 valence electrons. The quantitative estimate of drug-likeness (QED) is 0.640. The van der Waals surface area contributed by atoms with E-state index < -0.39 is 5.54 Å². The van der Waals surface area contributed by atoms with E-state index in [4.69, 9.17) is 19.9 Å². The number of rotatable bonds is 6. The molecule has 0 spiro atoms. The molecule has 0 aliphatic heterocycles. The summed E-state index contributed by atoms with van der Waals surface area (Å²) >= 11 is 0. The monoisotopic (exact) mass is 293 g/mol. The highest BCUT2D eigenvalue weighted by atomic mass is 16.5. The van der Waals surface area contributed by atoms with Gasteiger partial charge in [0.05, 0.1) is 19.8 Å². The number of nitrogens with two attached hydrogens (primary N) is 1. The molecule has 0 amide bonds. The fourth-order valence-electron chi connectivity index (χ4n) is 2.68. The molecule has 1 fully saturated rings. The van der Waals surface area contributed by atoms with Gasteiger partial charge in [0.1, 0.15) is 17.9 Å².